The van der Waals surface area contributed by atoms with E-state index in [-0.39, 0.29) is 6.04 Å². The number of nitrogens with zero attached hydrogens (tertiary/aromatic N) is 2. The molecule has 0 radical (unpaired) electrons. The van der Waals surface area contributed by atoms with Crippen LogP contribution in [0.1, 0.15) is 36.6 Å². The Morgan fingerprint density at radius 2 is 1.55 bits per heavy atom. The maximum Gasteiger partial charge on any atom is 0.203 e. The van der Waals surface area contributed by atoms with Crippen LogP contribution in [0, 0.1) is 0 Å². The van der Waals surface area contributed by atoms with Crippen molar-refractivity contribution in [3.05, 3.63) is 41.0 Å². The van der Waals surface area contributed by atoms with E-state index < -0.39 is 0 Å². The van der Waals surface area contributed by atoms with Crippen molar-refractivity contribution in [3.63, 3.8) is 0 Å². The van der Waals surface area contributed by atoms with Crippen LogP contribution >= 0.6 is 0 Å². The summed E-state index contributed by atoms with van der Waals surface area (Å²) in [7, 11) is 4.96. The molecule has 2 aromatic carbocycles. The molecule has 7 nitrogen and oxygen atoms in total. The van der Waals surface area contributed by atoms with E-state index in [0.29, 0.717) is 30.5 Å². The van der Waals surface area contributed by atoms with Crippen LogP contribution in [0.5, 0.6) is 28.7 Å². The first-order chi connectivity index (χ1) is 16.1. The lowest BCUT2D eigenvalue weighted by atomic mass is 9.87. The van der Waals surface area contributed by atoms with Gasteiger partial charge in [0.1, 0.15) is 13.2 Å². The van der Waals surface area contributed by atoms with Crippen molar-refractivity contribution >= 4 is 0 Å². The molecule has 33 heavy (non-hydrogen) atoms. The first-order valence-electron chi connectivity index (χ1n) is 11.8. The van der Waals surface area contributed by atoms with Gasteiger partial charge in [-0.25, -0.2) is 0 Å². The summed E-state index contributed by atoms with van der Waals surface area (Å²) in [6, 6.07) is 8.52. The first kappa shape index (κ1) is 23.5. The van der Waals surface area contributed by atoms with Gasteiger partial charge in [-0.1, -0.05) is 13.8 Å². The molecule has 0 fully saturated rings. The number of ether oxygens (including phenoxy) is 5. The number of benzene rings is 2. The molecule has 1 atom stereocenters. The Hall–Kier alpha value is -2.64. The molecule has 1 unspecified atom stereocenters. The third-order valence-corrected chi connectivity index (χ3v) is 6.73. The van der Waals surface area contributed by atoms with Gasteiger partial charge in [0.05, 0.1) is 27.4 Å². The molecule has 7 heteroatoms. The fourth-order valence-electron chi connectivity index (χ4n) is 4.91. The molecular weight excluding hydrogens is 420 g/mol. The van der Waals surface area contributed by atoms with Crippen LogP contribution in [0.2, 0.25) is 0 Å². The van der Waals surface area contributed by atoms with Gasteiger partial charge in [0.15, 0.2) is 23.0 Å². The maximum atomic E-state index is 5.95. The average molecular weight is 457 g/mol. The topological polar surface area (TPSA) is 52.6 Å². The second-order valence-electron chi connectivity index (χ2n) is 8.37. The molecule has 0 saturated heterocycles. The Morgan fingerprint density at radius 1 is 0.909 bits per heavy atom. The first-order valence-corrected chi connectivity index (χ1v) is 11.8. The van der Waals surface area contributed by atoms with Crippen LogP contribution in [0.25, 0.3) is 0 Å². The monoisotopic (exact) mass is 456 g/mol. The summed E-state index contributed by atoms with van der Waals surface area (Å²) in [4.78, 5) is 5.02. The third-order valence-electron chi connectivity index (χ3n) is 6.73. The van der Waals surface area contributed by atoms with Crippen molar-refractivity contribution in [2.75, 3.05) is 67.3 Å². The fourth-order valence-corrected chi connectivity index (χ4v) is 4.91. The van der Waals surface area contributed by atoms with E-state index in [0.717, 1.165) is 56.2 Å². The molecule has 2 heterocycles. The minimum absolute atomic E-state index is 0.0499. The van der Waals surface area contributed by atoms with Crippen molar-refractivity contribution < 1.29 is 23.7 Å². The van der Waals surface area contributed by atoms with Gasteiger partial charge < -0.3 is 28.6 Å². The Kier molecular flexibility index (Phi) is 7.50. The van der Waals surface area contributed by atoms with Gasteiger partial charge in [-0.3, -0.25) is 4.90 Å². The van der Waals surface area contributed by atoms with Gasteiger partial charge >= 0.3 is 0 Å². The molecule has 0 saturated carbocycles. The second kappa shape index (κ2) is 10.5. The van der Waals surface area contributed by atoms with Gasteiger partial charge in [-0.2, -0.15) is 0 Å². The largest absolute Gasteiger partial charge is 0.493 e. The summed E-state index contributed by atoms with van der Waals surface area (Å²) < 4.78 is 28.7. The molecule has 0 N–H and O–H groups in total. The smallest absolute Gasteiger partial charge is 0.203 e. The van der Waals surface area contributed by atoms with Gasteiger partial charge in [-0.05, 0) is 60.5 Å². The maximum absolute atomic E-state index is 5.95. The molecule has 0 amide bonds. The average Bonchev–Trinajstić information content (AvgIpc) is 2.86. The molecule has 0 bridgehead atoms. The van der Waals surface area contributed by atoms with E-state index in [1.165, 1.54) is 11.1 Å². The summed E-state index contributed by atoms with van der Waals surface area (Å²) in [6.07, 6.45) is 0.977. The Labute approximate surface area is 197 Å². The standard InChI is InChI=1S/C26H36N2O5/c1-6-27(7-2)10-11-28-9-8-18-14-21-22(33-13-12-32-21)17-20(18)25(28)19-15-23(29-3)26(31-5)24(16-19)30-4/h14-17,25H,6-13H2,1-5H3. The summed E-state index contributed by atoms with van der Waals surface area (Å²) in [5.74, 6) is 3.61. The molecule has 2 aliphatic rings. The second-order valence-corrected chi connectivity index (χ2v) is 8.37. The molecular formula is C26H36N2O5. The lowest BCUT2D eigenvalue weighted by Gasteiger charge is -2.39. The highest BCUT2D eigenvalue weighted by Gasteiger charge is 2.32. The quantitative estimate of drug-likeness (QED) is 0.569. The van der Waals surface area contributed by atoms with E-state index in [4.69, 9.17) is 23.7 Å². The van der Waals surface area contributed by atoms with Crippen LogP contribution in [0.3, 0.4) is 0 Å². The minimum Gasteiger partial charge on any atom is -0.493 e. The van der Waals surface area contributed by atoms with Crippen molar-refractivity contribution in [1.82, 2.24) is 9.80 Å². The Bertz CT molecular complexity index is 935. The van der Waals surface area contributed by atoms with Crippen LogP contribution < -0.4 is 23.7 Å². The summed E-state index contributed by atoms with van der Waals surface area (Å²) in [5.41, 5.74) is 3.66. The molecule has 0 spiro atoms. The van der Waals surface area contributed by atoms with E-state index in [1.807, 2.05) is 0 Å². The highest BCUT2D eigenvalue weighted by Crippen LogP contribution is 2.46. The van der Waals surface area contributed by atoms with Gasteiger partial charge in [0.2, 0.25) is 5.75 Å². The zero-order valence-corrected chi connectivity index (χ0v) is 20.5. The zero-order chi connectivity index (χ0) is 23.4. The van der Waals surface area contributed by atoms with Crippen LogP contribution in [0.4, 0.5) is 0 Å². The SMILES string of the molecule is CCN(CC)CCN1CCc2cc3c(cc2C1c1cc(OC)c(OC)c(OC)c1)OCCO3. The molecule has 4 rings (SSSR count). The van der Waals surface area contributed by atoms with Gasteiger partial charge in [-0.15, -0.1) is 0 Å². The van der Waals surface area contributed by atoms with Crippen LogP contribution in [-0.2, 0) is 6.42 Å². The van der Waals surface area contributed by atoms with Gasteiger partial charge in [0.25, 0.3) is 0 Å². The molecule has 0 aromatic heterocycles. The number of fused-ring (bicyclic) bond motifs is 2. The third kappa shape index (κ3) is 4.70. The van der Waals surface area contributed by atoms with Gasteiger partial charge in [0, 0.05) is 19.6 Å². The lowest BCUT2D eigenvalue weighted by Crippen LogP contribution is -2.41. The number of likely N-dealkylation sites (N-methyl/N-ethyl adjacent to an activating group) is 1. The van der Waals surface area contributed by atoms with Crippen molar-refractivity contribution in [3.8, 4) is 28.7 Å². The minimum atomic E-state index is 0.0499. The number of hydrogen-bond donors (Lipinski definition) is 0. The van der Waals surface area contributed by atoms with Crippen LogP contribution in [0.15, 0.2) is 24.3 Å². The Balaban J connectivity index is 1.80. The van der Waals surface area contributed by atoms with Crippen molar-refractivity contribution in [2.45, 2.75) is 26.3 Å². The lowest BCUT2D eigenvalue weighted by molar-refractivity contribution is 0.163. The fraction of sp³-hybridized carbons (Fsp3) is 0.538. The van der Waals surface area contributed by atoms with Crippen molar-refractivity contribution in [2.24, 2.45) is 0 Å². The number of hydrogen-bond acceptors (Lipinski definition) is 7. The molecule has 180 valence electrons. The normalized spacial score (nSPS) is 17.6. The molecule has 2 aliphatic heterocycles. The Morgan fingerprint density at radius 3 is 2.12 bits per heavy atom. The molecule has 2 aromatic rings. The summed E-state index contributed by atoms with van der Waals surface area (Å²) in [6.45, 7) is 10.7. The van der Waals surface area contributed by atoms with E-state index in [9.17, 15) is 0 Å². The number of rotatable bonds is 9. The number of methoxy groups -OCH3 is 3. The molecule has 0 aliphatic carbocycles. The van der Waals surface area contributed by atoms with E-state index in [1.54, 1.807) is 21.3 Å². The zero-order valence-electron chi connectivity index (χ0n) is 20.5. The summed E-state index contributed by atoms with van der Waals surface area (Å²) >= 11 is 0. The highest BCUT2D eigenvalue weighted by molar-refractivity contribution is 5.58. The highest BCUT2D eigenvalue weighted by atomic mass is 16.6. The van der Waals surface area contributed by atoms with E-state index >= 15 is 0 Å². The summed E-state index contributed by atoms with van der Waals surface area (Å²) in [5, 5.41) is 0. The predicted molar refractivity (Wildman–Crippen MR) is 128 cm³/mol. The van der Waals surface area contributed by atoms with Crippen LogP contribution in [-0.4, -0.2) is 77.1 Å². The van der Waals surface area contributed by atoms with Crippen molar-refractivity contribution in [1.29, 1.82) is 0 Å². The van der Waals surface area contributed by atoms with E-state index in [2.05, 4.69) is 47.9 Å². The predicted octanol–water partition coefficient (Wildman–Crippen LogP) is 3.77.